The summed E-state index contributed by atoms with van der Waals surface area (Å²) in [5.41, 5.74) is 0.968. The van der Waals surface area contributed by atoms with Crippen molar-refractivity contribution in [3.05, 3.63) is 23.8 Å². The number of benzene rings is 1. The number of aliphatic hydroxyl groups excluding tert-OH is 1. The molecule has 4 rings (SSSR count). The largest absolute Gasteiger partial charge is 0.456 e. The van der Waals surface area contributed by atoms with Crippen molar-refractivity contribution in [2.45, 2.75) is 83.4 Å². The zero-order chi connectivity index (χ0) is 24.5. The predicted octanol–water partition coefficient (Wildman–Crippen LogP) is 3.01. The van der Waals surface area contributed by atoms with Crippen LogP contribution < -0.4 is 15.1 Å². The van der Waals surface area contributed by atoms with Crippen molar-refractivity contribution in [3.8, 4) is 0 Å². The van der Waals surface area contributed by atoms with E-state index in [0.717, 1.165) is 44.9 Å². The first-order valence-electron chi connectivity index (χ1n) is 12.5. The van der Waals surface area contributed by atoms with Crippen LogP contribution >= 0.6 is 0 Å². The lowest BCUT2D eigenvalue weighted by Gasteiger charge is -2.43. The summed E-state index contributed by atoms with van der Waals surface area (Å²) in [6.45, 7) is 5.57. The summed E-state index contributed by atoms with van der Waals surface area (Å²) in [6, 6.07) is 5.34. The number of nitrogens with one attached hydrogen (secondary N) is 1. The highest BCUT2D eigenvalue weighted by Gasteiger charge is 2.39. The number of carbonyl (C=O) groups excluding carboxylic acids is 3. The van der Waals surface area contributed by atoms with Gasteiger partial charge in [-0.15, -0.1) is 0 Å². The number of aliphatic hydroxyl groups is 1. The first-order chi connectivity index (χ1) is 16.2. The van der Waals surface area contributed by atoms with E-state index in [1.54, 1.807) is 23.1 Å². The van der Waals surface area contributed by atoms with Gasteiger partial charge in [-0.3, -0.25) is 14.5 Å². The van der Waals surface area contributed by atoms with Gasteiger partial charge in [0.15, 0.2) is 0 Å². The Balaban J connectivity index is 1.58. The van der Waals surface area contributed by atoms with Gasteiger partial charge in [0, 0.05) is 18.7 Å². The second kappa shape index (κ2) is 10.0. The topological polar surface area (TPSA) is 99.2 Å². The summed E-state index contributed by atoms with van der Waals surface area (Å²) in [7, 11) is 0. The fraction of sp³-hybridized carbons (Fsp3) is 0.654. The Labute approximate surface area is 201 Å². The highest BCUT2D eigenvalue weighted by Crippen LogP contribution is 2.40. The molecule has 0 radical (unpaired) electrons. The molecule has 1 aromatic carbocycles. The lowest BCUT2D eigenvalue weighted by atomic mass is 9.85. The molecule has 0 saturated heterocycles. The highest BCUT2D eigenvalue weighted by atomic mass is 16.6. The standard InChI is InChI=1S/C26H37N3O5/c1-26(2,3)34-25(33)17-11-12-21-22(13-17)28(15-24(32)29(21)19-8-6-9-19)23(31)14-27-20-10-5-4-7-18(20)16-30/h11-13,18-20,27,30H,4-10,14-16H2,1-3H3/t18-,20-/m0/s1. The molecule has 3 aliphatic rings. The van der Waals surface area contributed by atoms with Crippen molar-refractivity contribution in [2.24, 2.45) is 5.92 Å². The molecule has 0 bridgehead atoms. The Morgan fingerprint density at radius 3 is 2.47 bits per heavy atom. The summed E-state index contributed by atoms with van der Waals surface area (Å²) in [6.07, 6.45) is 7.01. The molecular formula is C26H37N3O5. The van der Waals surface area contributed by atoms with Crippen molar-refractivity contribution in [1.82, 2.24) is 5.32 Å². The Bertz CT molecular complexity index is 937. The Morgan fingerprint density at radius 2 is 1.82 bits per heavy atom. The van der Waals surface area contributed by atoms with Crippen molar-refractivity contribution in [2.75, 3.05) is 29.5 Å². The Hall–Kier alpha value is -2.45. The van der Waals surface area contributed by atoms with Gasteiger partial charge in [-0.05, 0) is 77.0 Å². The third kappa shape index (κ3) is 5.28. The third-order valence-electron chi connectivity index (χ3n) is 7.12. The molecule has 2 atom stereocenters. The minimum atomic E-state index is -0.635. The lowest BCUT2D eigenvalue weighted by Crippen LogP contribution is -2.55. The van der Waals surface area contributed by atoms with Crippen LogP contribution in [0.1, 0.15) is 76.1 Å². The molecule has 34 heavy (non-hydrogen) atoms. The van der Waals surface area contributed by atoms with E-state index in [0.29, 0.717) is 16.9 Å². The van der Waals surface area contributed by atoms with E-state index < -0.39 is 11.6 Å². The maximum Gasteiger partial charge on any atom is 0.338 e. The molecule has 1 aliphatic heterocycles. The number of hydrogen-bond donors (Lipinski definition) is 2. The third-order valence-corrected chi connectivity index (χ3v) is 7.12. The zero-order valence-electron chi connectivity index (χ0n) is 20.5. The summed E-state index contributed by atoms with van der Waals surface area (Å²) in [5.74, 6) is -0.626. The van der Waals surface area contributed by atoms with Crippen LogP contribution in [0.4, 0.5) is 11.4 Å². The van der Waals surface area contributed by atoms with Crippen molar-refractivity contribution < 1.29 is 24.2 Å². The average molecular weight is 472 g/mol. The van der Waals surface area contributed by atoms with E-state index in [-0.39, 0.29) is 49.5 Å². The molecule has 186 valence electrons. The molecule has 0 aromatic heterocycles. The van der Waals surface area contributed by atoms with Crippen LogP contribution in [0.2, 0.25) is 0 Å². The van der Waals surface area contributed by atoms with E-state index in [2.05, 4.69) is 5.32 Å². The fourth-order valence-electron chi connectivity index (χ4n) is 5.11. The van der Waals surface area contributed by atoms with E-state index in [1.165, 1.54) is 4.90 Å². The monoisotopic (exact) mass is 471 g/mol. The second-order valence-electron chi connectivity index (χ2n) is 10.7. The van der Waals surface area contributed by atoms with Crippen LogP contribution in [-0.4, -0.2) is 60.3 Å². The molecule has 2 N–H and O–H groups in total. The number of amides is 2. The van der Waals surface area contributed by atoms with Gasteiger partial charge in [0.05, 0.1) is 23.5 Å². The number of rotatable bonds is 6. The van der Waals surface area contributed by atoms with Gasteiger partial charge in [0.25, 0.3) is 0 Å². The maximum atomic E-state index is 13.3. The van der Waals surface area contributed by atoms with Crippen LogP contribution in [0.15, 0.2) is 18.2 Å². The first-order valence-corrected chi connectivity index (χ1v) is 12.5. The number of fused-ring (bicyclic) bond motifs is 1. The molecule has 1 heterocycles. The highest BCUT2D eigenvalue weighted by molar-refractivity contribution is 6.12. The second-order valence-corrected chi connectivity index (χ2v) is 10.7. The average Bonchev–Trinajstić information content (AvgIpc) is 2.76. The van der Waals surface area contributed by atoms with Gasteiger partial charge in [0.2, 0.25) is 11.8 Å². The van der Waals surface area contributed by atoms with Crippen molar-refractivity contribution in [1.29, 1.82) is 0 Å². The lowest BCUT2D eigenvalue weighted by molar-refractivity contribution is -0.123. The Morgan fingerprint density at radius 1 is 1.09 bits per heavy atom. The number of anilines is 2. The number of ether oxygens (including phenoxy) is 1. The number of nitrogens with zero attached hydrogens (tertiary/aromatic N) is 2. The molecule has 2 fully saturated rings. The van der Waals surface area contributed by atoms with Gasteiger partial charge < -0.3 is 20.1 Å². The van der Waals surface area contributed by atoms with E-state index >= 15 is 0 Å². The quantitative estimate of drug-likeness (QED) is 0.619. The van der Waals surface area contributed by atoms with Crippen molar-refractivity contribution >= 4 is 29.2 Å². The molecular weight excluding hydrogens is 434 g/mol. The minimum Gasteiger partial charge on any atom is -0.456 e. The summed E-state index contributed by atoms with van der Waals surface area (Å²) >= 11 is 0. The molecule has 8 heteroatoms. The van der Waals surface area contributed by atoms with Crippen molar-refractivity contribution in [3.63, 3.8) is 0 Å². The predicted molar refractivity (Wildman–Crippen MR) is 130 cm³/mol. The van der Waals surface area contributed by atoms with E-state index in [9.17, 15) is 19.5 Å². The van der Waals surface area contributed by atoms with Crippen LogP contribution in [0, 0.1) is 5.92 Å². The van der Waals surface area contributed by atoms with Gasteiger partial charge in [-0.2, -0.15) is 0 Å². The molecule has 0 unspecified atom stereocenters. The molecule has 8 nitrogen and oxygen atoms in total. The van der Waals surface area contributed by atoms with Gasteiger partial charge >= 0.3 is 5.97 Å². The summed E-state index contributed by atoms with van der Waals surface area (Å²) in [4.78, 5) is 42.5. The molecule has 2 aliphatic carbocycles. The molecule has 2 saturated carbocycles. The van der Waals surface area contributed by atoms with E-state index in [4.69, 9.17) is 4.74 Å². The molecule has 0 spiro atoms. The molecule has 2 amide bonds. The van der Waals surface area contributed by atoms with Gasteiger partial charge in [-0.1, -0.05) is 12.8 Å². The normalized spacial score (nSPS) is 23.4. The van der Waals surface area contributed by atoms with Crippen LogP contribution in [0.5, 0.6) is 0 Å². The molecule has 1 aromatic rings. The number of esters is 1. The van der Waals surface area contributed by atoms with Gasteiger partial charge in [-0.25, -0.2) is 4.79 Å². The number of carbonyl (C=O) groups is 3. The summed E-state index contributed by atoms with van der Waals surface area (Å²) in [5, 5.41) is 13.0. The van der Waals surface area contributed by atoms with Crippen LogP contribution in [0.25, 0.3) is 0 Å². The zero-order valence-corrected chi connectivity index (χ0v) is 20.5. The van der Waals surface area contributed by atoms with E-state index in [1.807, 2.05) is 20.8 Å². The SMILES string of the molecule is CC(C)(C)OC(=O)c1ccc2c(c1)N(C(=O)CN[C@H]1CCCC[C@H]1CO)CC(=O)N2C1CCC1. The van der Waals surface area contributed by atoms with Gasteiger partial charge in [0.1, 0.15) is 12.1 Å². The minimum absolute atomic E-state index is 0.0458. The summed E-state index contributed by atoms with van der Waals surface area (Å²) < 4.78 is 5.53. The number of hydrogen-bond acceptors (Lipinski definition) is 6. The fourth-order valence-corrected chi connectivity index (χ4v) is 5.11. The maximum absolute atomic E-state index is 13.3. The smallest absolute Gasteiger partial charge is 0.338 e. The van der Waals surface area contributed by atoms with Crippen LogP contribution in [0.3, 0.4) is 0 Å². The van der Waals surface area contributed by atoms with Crippen LogP contribution in [-0.2, 0) is 14.3 Å². The first kappa shape index (κ1) is 24.7. The Kier molecular flexibility index (Phi) is 7.28.